The van der Waals surface area contributed by atoms with Gasteiger partial charge in [-0.15, -0.1) is 0 Å². The van der Waals surface area contributed by atoms with E-state index >= 15 is 0 Å². The standard InChI is InChI=1S/C36H33N3O7/c1-5-24-13-10-14-27-32(25-11-8-7-9-12-25)34(38-33(24)27)35(41)39-37-21-23-15-17-29(31(19-23)44-6-2)46-36(42)26-16-18-28(45-22(3)40)30(20-26)43-4/h7-21,38H,5-6H2,1-4H3,(H,39,41). The molecule has 0 saturated heterocycles. The summed E-state index contributed by atoms with van der Waals surface area (Å²) in [4.78, 5) is 41.1. The fraction of sp³-hybridized carbons (Fsp3) is 0.167. The lowest BCUT2D eigenvalue weighted by atomic mass is 10.00. The summed E-state index contributed by atoms with van der Waals surface area (Å²) in [5.74, 6) is -0.683. The van der Waals surface area contributed by atoms with Gasteiger partial charge in [0.15, 0.2) is 23.0 Å². The van der Waals surface area contributed by atoms with Crippen molar-refractivity contribution in [1.29, 1.82) is 0 Å². The Balaban J connectivity index is 1.35. The van der Waals surface area contributed by atoms with Gasteiger partial charge >= 0.3 is 11.9 Å². The summed E-state index contributed by atoms with van der Waals surface area (Å²) in [6.07, 6.45) is 2.29. The highest BCUT2D eigenvalue weighted by Gasteiger charge is 2.21. The van der Waals surface area contributed by atoms with Crippen molar-refractivity contribution in [3.05, 3.63) is 107 Å². The first-order chi connectivity index (χ1) is 22.3. The normalized spacial score (nSPS) is 11.0. The number of aromatic nitrogens is 1. The minimum Gasteiger partial charge on any atom is -0.493 e. The molecule has 4 aromatic carbocycles. The molecule has 0 atom stereocenters. The zero-order valence-electron chi connectivity index (χ0n) is 25.9. The van der Waals surface area contributed by atoms with Crippen molar-refractivity contribution in [3.63, 3.8) is 0 Å². The van der Waals surface area contributed by atoms with Gasteiger partial charge in [-0.25, -0.2) is 10.2 Å². The second-order valence-corrected chi connectivity index (χ2v) is 10.1. The lowest BCUT2D eigenvalue weighted by Crippen LogP contribution is -2.19. The summed E-state index contributed by atoms with van der Waals surface area (Å²) in [6, 6.07) is 25.0. The van der Waals surface area contributed by atoms with E-state index in [4.69, 9.17) is 18.9 Å². The highest BCUT2D eigenvalue weighted by molar-refractivity contribution is 6.10. The van der Waals surface area contributed by atoms with Gasteiger partial charge in [0, 0.05) is 23.4 Å². The SMILES string of the molecule is CCOc1cc(C=NNC(=O)c2[nH]c3c(CC)cccc3c2-c2ccccc2)ccc1OC(=O)c1ccc(OC(C)=O)c(OC)c1. The van der Waals surface area contributed by atoms with Crippen LogP contribution in [0.3, 0.4) is 0 Å². The number of para-hydroxylation sites is 1. The number of nitrogens with zero attached hydrogens (tertiary/aromatic N) is 1. The molecule has 0 aliphatic heterocycles. The molecule has 0 spiro atoms. The zero-order valence-corrected chi connectivity index (χ0v) is 25.9. The summed E-state index contributed by atoms with van der Waals surface area (Å²) in [5, 5.41) is 5.16. The Kier molecular flexibility index (Phi) is 9.77. The highest BCUT2D eigenvalue weighted by atomic mass is 16.6. The van der Waals surface area contributed by atoms with E-state index in [0.29, 0.717) is 23.6 Å². The van der Waals surface area contributed by atoms with Crippen LogP contribution in [0.15, 0.2) is 90.0 Å². The first kappa shape index (κ1) is 31.5. The van der Waals surface area contributed by atoms with Gasteiger partial charge in [-0.3, -0.25) is 9.59 Å². The molecule has 2 N–H and O–H groups in total. The van der Waals surface area contributed by atoms with Crippen LogP contribution in [0, 0.1) is 0 Å². The van der Waals surface area contributed by atoms with Gasteiger partial charge in [0.1, 0.15) is 5.69 Å². The van der Waals surface area contributed by atoms with E-state index in [2.05, 4.69) is 22.4 Å². The first-order valence-electron chi connectivity index (χ1n) is 14.7. The predicted octanol–water partition coefficient (Wildman–Crippen LogP) is 6.71. The van der Waals surface area contributed by atoms with Crippen molar-refractivity contribution >= 4 is 35.0 Å². The molecule has 1 heterocycles. The molecule has 5 rings (SSSR count). The second kappa shape index (κ2) is 14.3. The van der Waals surface area contributed by atoms with E-state index in [1.165, 1.54) is 38.4 Å². The molecule has 0 fully saturated rings. The molecule has 0 saturated carbocycles. The summed E-state index contributed by atoms with van der Waals surface area (Å²) in [5.41, 5.74) is 7.58. The molecule has 0 aliphatic rings. The van der Waals surface area contributed by atoms with Crippen LogP contribution >= 0.6 is 0 Å². The number of ether oxygens (including phenoxy) is 4. The lowest BCUT2D eigenvalue weighted by Gasteiger charge is -2.13. The number of hydrazone groups is 1. The van der Waals surface area contributed by atoms with Gasteiger partial charge in [-0.05, 0) is 66.4 Å². The van der Waals surface area contributed by atoms with Gasteiger partial charge in [0.25, 0.3) is 5.91 Å². The van der Waals surface area contributed by atoms with Crippen LogP contribution in [0.2, 0.25) is 0 Å². The van der Waals surface area contributed by atoms with Crippen molar-refractivity contribution in [3.8, 4) is 34.1 Å². The van der Waals surface area contributed by atoms with E-state index in [1.807, 2.05) is 48.5 Å². The Bertz CT molecular complexity index is 1930. The van der Waals surface area contributed by atoms with Crippen molar-refractivity contribution in [2.75, 3.05) is 13.7 Å². The Hall–Kier alpha value is -5.90. The Morgan fingerprint density at radius 1 is 0.848 bits per heavy atom. The number of fused-ring (bicyclic) bond motifs is 1. The minimum atomic E-state index is -0.666. The number of esters is 2. The lowest BCUT2D eigenvalue weighted by molar-refractivity contribution is -0.132. The number of benzene rings is 4. The van der Waals surface area contributed by atoms with Gasteiger partial charge in [0.2, 0.25) is 0 Å². The van der Waals surface area contributed by atoms with Crippen LogP contribution in [0.1, 0.15) is 52.7 Å². The number of carbonyl (C=O) groups excluding carboxylic acids is 3. The Labute approximate surface area is 265 Å². The quantitative estimate of drug-likeness (QED) is 0.0728. The molecule has 10 nitrogen and oxygen atoms in total. The van der Waals surface area contributed by atoms with Crippen LogP contribution in [-0.2, 0) is 11.2 Å². The number of H-pyrrole nitrogens is 1. The van der Waals surface area contributed by atoms with E-state index in [1.54, 1.807) is 25.1 Å². The van der Waals surface area contributed by atoms with E-state index in [9.17, 15) is 14.4 Å². The molecular formula is C36H33N3O7. The van der Waals surface area contributed by atoms with Crippen molar-refractivity contribution in [2.24, 2.45) is 5.10 Å². The zero-order chi connectivity index (χ0) is 32.6. The number of amides is 1. The molecule has 1 aromatic heterocycles. The monoisotopic (exact) mass is 619 g/mol. The second-order valence-electron chi connectivity index (χ2n) is 10.1. The van der Waals surface area contributed by atoms with Crippen LogP contribution in [0.25, 0.3) is 22.0 Å². The third kappa shape index (κ3) is 6.91. The van der Waals surface area contributed by atoms with E-state index in [0.717, 1.165) is 34.0 Å². The first-order valence-corrected chi connectivity index (χ1v) is 14.7. The summed E-state index contributed by atoms with van der Waals surface area (Å²) in [6.45, 7) is 5.47. The average molecular weight is 620 g/mol. The maximum atomic E-state index is 13.4. The van der Waals surface area contributed by atoms with Gasteiger partial charge in [-0.2, -0.15) is 5.10 Å². The van der Waals surface area contributed by atoms with Crippen molar-refractivity contribution in [2.45, 2.75) is 27.2 Å². The topological polar surface area (TPSA) is 128 Å². The summed E-state index contributed by atoms with van der Waals surface area (Å²) >= 11 is 0. The fourth-order valence-corrected chi connectivity index (χ4v) is 5.02. The number of methoxy groups -OCH3 is 1. The molecular weight excluding hydrogens is 586 g/mol. The van der Waals surface area contributed by atoms with Gasteiger partial charge in [-0.1, -0.05) is 55.5 Å². The average Bonchev–Trinajstić information content (AvgIpc) is 3.46. The smallest absolute Gasteiger partial charge is 0.343 e. The van der Waals surface area contributed by atoms with Crippen LogP contribution in [-0.4, -0.2) is 42.8 Å². The third-order valence-corrected chi connectivity index (χ3v) is 7.09. The molecule has 234 valence electrons. The molecule has 0 aliphatic carbocycles. The molecule has 1 amide bonds. The summed E-state index contributed by atoms with van der Waals surface area (Å²) in [7, 11) is 1.40. The van der Waals surface area contributed by atoms with Gasteiger partial charge < -0.3 is 23.9 Å². The Morgan fingerprint density at radius 3 is 2.33 bits per heavy atom. The summed E-state index contributed by atoms with van der Waals surface area (Å²) < 4.78 is 21.7. The van der Waals surface area contributed by atoms with Crippen LogP contribution < -0.4 is 24.4 Å². The van der Waals surface area contributed by atoms with Crippen LogP contribution in [0.5, 0.6) is 23.0 Å². The van der Waals surface area contributed by atoms with Crippen molar-refractivity contribution in [1.82, 2.24) is 10.4 Å². The maximum absolute atomic E-state index is 13.4. The number of rotatable bonds is 11. The van der Waals surface area contributed by atoms with E-state index < -0.39 is 11.9 Å². The molecule has 46 heavy (non-hydrogen) atoms. The van der Waals surface area contributed by atoms with Crippen LogP contribution in [0.4, 0.5) is 0 Å². The number of carbonyl (C=O) groups is 3. The number of nitrogens with one attached hydrogen (secondary N) is 2. The molecule has 0 unspecified atom stereocenters. The van der Waals surface area contributed by atoms with Crippen molar-refractivity contribution < 1.29 is 33.3 Å². The van der Waals surface area contributed by atoms with Gasteiger partial charge in [0.05, 0.1) is 25.5 Å². The minimum absolute atomic E-state index is 0.182. The predicted molar refractivity (Wildman–Crippen MR) is 175 cm³/mol. The molecule has 5 aromatic rings. The third-order valence-electron chi connectivity index (χ3n) is 7.09. The molecule has 10 heteroatoms. The molecule has 0 radical (unpaired) electrons. The number of hydrogen-bond acceptors (Lipinski definition) is 8. The largest absolute Gasteiger partial charge is 0.493 e. The highest BCUT2D eigenvalue weighted by Crippen LogP contribution is 2.35. The number of aryl methyl sites for hydroxylation is 1. The maximum Gasteiger partial charge on any atom is 0.343 e. The number of hydrogen-bond donors (Lipinski definition) is 2. The number of aromatic amines is 1. The van der Waals surface area contributed by atoms with E-state index in [-0.39, 0.29) is 28.7 Å². The Morgan fingerprint density at radius 2 is 1.61 bits per heavy atom. The fourth-order valence-electron chi connectivity index (χ4n) is 5.02. The molecule has 0 bridgehead atoms.